The summed E-state index contributed by atoms with van der Waals surface area (Å²) >= 11 is 0. The molecular weight excluding hydrogens is 342 g/mol. The van der Waals surface area contributed by atoms with Crippen LogP contribution in [-0.2, 0) is 17.6 Å². The molecule has 0 unspecified atom stereocenters. The average Bonchev–Trinajstić information content (AvgIpc) is 3.28. The Balaban J connectivity index is 1.50. The van der Waals surface area contributed by atoms with Gasteiger partial charge in [0, 0.05) is 23.9 Å². The summed E-state index contributed by atoms with van der Waals surface area (Å²) in [6, 6.07) is 10.1. The van der Waals surface area contributed by atoms with E-state index in [1.165, 1.54) is 5.56 Å². The third-order valence-corrected chi connectivity index (χ3v) is 5.09. The van der Waals surface area contributed by atoms with E-state index >= 15 is 0 Å². The van der Waals surface area contributed by atoms with E-state index < -0.39 is 0 Å². The Morgan fingerprint density at radius 1 is 1.26 bits per heavy atom. The molecule has 27 heavy (non-hydrogen) atoms. The Morgan fingerprint density at radius 3 is 2.93 bits per heavy atom. The number of oxazole rings is 1. The van der Waals surface area contributed by atoms with Gasteiger partial charge in [0.2, 0.25) is 5.76 Å². The second kappa shape index (κ2) is 7.48. The zero-order valence-corrected chi connectivity index (χ0v) is 15.6. The van der Waals surface area contributed by atoms with E-state index in [1.807, 2.05) is 37.4 Å². The molecule has 1 amide bonds. The first-order valence-electron chi connectivity index (χ1n) is 9.33. The van der Waals surface area contributed by atoms with Crippen LogP contribution in [0.25, 0.3) is 10.9 Å². The molecule has 1 fully saturated rings. The van der Waals surface area contributed by atoms with Gasteiger partial charge >= 0.3 is 0 Å². The summed E-state index contributed by atoms with van der Waals surface area (Å²) in [4.78, 5) is 21.4. The number of aryl methyl sites for hydroxylation is 2. The number of amides is 1. The highest BCUT2D eigenvalue weighted by molar-refractivity contribution is 5.92. The average molecular weight is 365 g/mol. The van der Waals surface area contributed by atoms with Gasteiger partial charge in [-0.1, -0.05) is 25.1 Å². The fourth-order valence-electron chi connectivity index (χ4n) is 3.62. The molecule has 2 aromatic heterocycles. The van der Waals surface area contributed by atoms with E-state index in [4.69, 9.17) is 9.15 Å². The number of benzene rings is 1. The molecular formula is C21H23N3O3. The molecule has 4 rings (SSSR count). The maximum absolute atomic E-state index is 12.7. The zero-order valence-electron chi connectivity index (χ0n) is 15.6. The molecule has 140 valence electrons. The Labute approximate surface area is 158 Å². The normalized spacial score (nSPS) is 19.5. The van der Waals surface area contributed by atoms with Crippen LogP contribution in [-0.4, -0.2) is 35.1 Å². The summed E-state index contributed by atoms with van der Waals surface area (Å²) in [5.74, 6) is 0.861. The van der Waals surface area contributed by atoms with E-state index in [1.54, 1.807) is 6.92 Å². The molecule has 1 N–H and O–H groups in total. The third-order valence-electron chi connectivity index (χ3n) is 5.09. The van der Waals surface area contributed by atoms with Crippen LogP contribution >= 0.6 is 0 Å². The highest BCUT2D eigenvalue weighted by atomic mass is 16.5. The van der Waals surface area contributed by atoms with E-state index in [9.17, 15) is 4.79 Å². The lowest BCUT2D eigenvalue weighted by Crippen LogP contribution is -2.40. The van der Waals surface area contributed by atoms with Crippen molar-refractivity contribution in [2.24, 2.45) is 5.92 Å². The molecule has 6 heteroatoms. The number of hydrogen-bond acceptors (Lipinski definition) is 5. The minimum absolute atomic E-state index is 0.0565. The Morgan fingerprint density at radius 2 is 2.11 bits per heavy atom. The van der Waals surface area contributed by atoms with E-state index in [2.05, 4.69) is 21.4 Å². The number of carbonyl (C=O) groups is 1. The fourth-order valence-corrected chi connectivity index (χ4v) is 3.62. The van der Waals surface area contributed by atoms with Gasteiger partial charge in [0.25, 0.3) is 5.91 Å². The zero-order chi connectivity index (χ0) is 18.8. The summed E-state index contributed by atoms with van der Waals surface area (Å²) in [5.41, 5.74) is 2.83. The van der Waals surface area contributed by atoms with E-state index in [0.717, 1.165) is 17.3 Å². The number of nitrogens with one attached hydrogen (secondary N) is 1. The van der Waals surface area contributed by atoms with Crippen molar-refractivity contribution in [3.05, 3.63) is 59.4 Å². The minimum Gasteiger partial charge on any atom is -0.435 e. The summed E-state index contributed by atoms with van der Waals surface area (Å²) in [7, 11) is 0. The van der Waals surface area contributed by atoms with Gasteiger partial charge in [0.05, 0.1) is 30.5 Å². The van der Waals surface area contributed by atoms with E-state index in [-0.39, 0.29) is 17.9 Å². The van der Waals surface area contributed by atoms with Gasteiger partial charge in [-0.3, -0.25) is 9.78 Å². The van der Waals surface area contributed by atoms with Crippen molar-refractivity contribution in [1.29, 1.82) is 0 Å². The Bertz CT molecular complexity index is 961. The van der Waals surface area contributed by atoms with Crippen molar-refractivity contribution in [3.63, 3.8) is 0 Å². The van der Waals surface area contributed by atoms with Crippen molar-refractivity contribution in [2.75, 3.05) is 13.2 Å². The van der Waals surface area contributed by atoms with Crippen LogP contribution in [0.5, 0.6) is 0 Å². The number of fused-ring (bicyclic) bond motifs is 1. The quantitative estimate of drug-likeness (QED) is 0.752. The second-order valence-electron chi connectivity index (χ2n) is 6.94. The number of rotatable bonds is 5. The molecule has 1 aliphatic heterocycles. The maximum atomic E-state index is 12.7. The predicted molar refractivity (Wildman–Crippen MR) is 102 cm³/mol. The number of aromatic nitrogens is 2. The van der Waals surface area contributed by atoms with Gasteiger partial charge in [-0.25, -0.2) is 4.98 Å². The Hall–Kier alpha value is -2.73. The molecule has 2 atom stereocenters. The molecule has 3 aromatic rings. The number of pyridine rings is 1. The van der Waals surface area contributed by atoms with Crippen molar-refractivity contribution >= 4 is 16.8 Å². The van der Waals surface area contributed by atoms with Crippen molar-refractivity contribution in [3.8, 4) is 0 Å². The number of ether oxygens (including phenoxy) is 1. The van der Waals surface area contributed by atoms with Crippen LogP contribution < -0.4 is 5.32 Å². The minimum atomic E-state index is -0.222. The molecule has 1 aliphatic rings. The van der Waals surface area contributed by atoms with Crippen LogP contribution in [0.1, 0.15) is 34.6 Å². The summed E-state index contributed by atoms with van der Waals surface area (Å²) in [5, 5.41) is 4.23. The van der Waals surface area contributed by atoms with Gasteiger partial charge in [-0.2, -0.15) is 0 Å². The molecule has 0 bridgehead atoms. The van der Waals surface area contributed by atoms with Gasteiger partial charge in [-0.15, -0.1) is 0 Å². The molecule has 1 saturated heterocycles. The first kappa shape index (κ1) is 17.7. The topological polar surface area (TPSA) is 77.2 Å². The predicted octanol–water partition coefficient (Wildman–Crippen LogP) is 3.08. The number of nitrogens with zero attached hydrogens (tertiary/aromatic N) is 2. The number of carbonyl (C=O) groups excluding carboxylic acids is 1. The smallest absolute Gasteiger partial charge is 0.289 e. The van der Waals surface area contributed by atoms with Crippen LogP contribution in [0.4, 0.5) is 0 Å². The molecule has 0 spiro atoms. The molecule has 1 aromatic carbocycles. The Kier molecular flexibility index (Phi) is 4.90. The van der Waals surface area contributed by atoms with Gasteiger partial charge in [0.1, 0.15) is 0 Å². The summed E-state index contributed by atoms with van der Waals surface area (Å²) < 4.78 is 11.2. The highest BCUT2D eigenvalue weighted by Crippen LogP contribution is 2.24. The number of hydrogen-bond donors (Lipinski definition) is 1. The third kappa shape index (κ3) is 3.57. The van der Waals surface area contributed by atoms with Gasteiger partial charge in [-0.05, 0) is 31.0 Å². The molecule has 0 aliphatic carbocycles. The largest absolute Gasteiger partial charge is 0.435 e. The molecule has 3 heterocycles. The van der Waals surface area contributed by atoms with E-state index in [0.29, 0.717) is 37.0 Å². The first-order valence-corrected chi connectivity index (χ1v) is 9.33. The first-order chi connectivity index (χ1) is 13.2. The lowest BCUT2D eigenvalue weighted by Gasteiger charge is -2.19. The SMILES string of the molecule is CCc1nc(C)c(C(=O)N[C@H]2COC[C@H]2Cc2ccnc3ccccc23)o1. The molecule has 6 nitrogen and oxygen atoms in total. The van der Waals surface area contributed by atoms with Crippen LogP contribution in [0, 0.1) is 12.8 Å². The van der Waals surface area contributed by atoms with Crippen LogP contribution in [0.2, 0.25) is 0 Å². The van der Waals surface area contributed by atoms with Crippen LogP contribution in [0.3, 0.4) is 0 Å². The fraction of sp³-hybridized carbons (Fsp3) is 0.381. The monoisotopic (exact) mass is 365 g/mol. The molecule has 0 radical (unpaired) electrons. The lowest BCUT2D eigenvalue weighted by molar-refractivity contribution is 0.0894. The summed E-state index contributed by atoms with van der Waals surface area (Å²) in [6.07, 6.45) is 3.33. The van der Waals surface area contributed by atoms with Crippen molar-refractivity contribution in [1.82, 2.24) is 15.3 Å². The van der Waals surface area contributed by atoms with Gasteiger partial charge < -0.3 is 14.5 Å². The van der Waals surface area contributed by atoms with Crippen LogP contribution in [0.15, 0.2) is 40.9 Å². The standard InChI is InChI=1S/C21H23N3O3/c1-3-19-23-13(2)20(27-19)21(25)24-18-12-26-11-15(18)10-14-8-9-22-17-7-5-4-6-16(14)17/h4-9,15,18H,3,10-12H2,1-2H3,(H,24,25)/t15-,18+/m1/s1. The van der Waals surface area contributed by atoms with Crippen molar-refractivity contribution < 1.29 is 13.9 Å². The summed E-state index contributed by atoms with van der Waals surface area (Å²) in [6.45, 7) is 4.88. The second-order valence-corrected chi connectivity index (χ2v) is 6.94. The lowest BCUT2D eigenvalue weighted by atomic mass is 9.93. The van der Waals surface area contributed by atoms with Crippen molar-refractivity contribution in [2.45, 2.75) is 32.7 Å². The highest BCUT2D eigenvalue weighted by Gasteiger charge is 2.31. The van der Waals surface area contributed by atoms with Gasteiger partial charge in [0.15, 0.2) is 5.89 Å². The maximum Gasteiger partial charge on any atom is 0.289 e. The molecule has 0 saturated carbocycles. The number of para-hydroxylation sites is 1.